The molecule has 0 aliphatic carbocycles. The molecular weight excluding hydrogens is 526 g/mol. The van der Waals surface area contributed by atoms with Crippen molar-refractivity contribution in [3.05, 3.63) is 59.7 Å². The van der Waals surface area contributed by atoms with Crippen molar-refractivity contribution in [3.8, 4) is 5.75 Å². The Bertz CT molecular complexity index is 1250. The van der Waals surface area contributed by atoms with Crippen LogP contribution in [-0.2, 0) is 37.3 Å². The van der Waals surface area contributed by atoms with Crippen LogP contribution in [0.3, 0.4) is 0 Å². The van der Waals surface area contributed by atoms with E-state index in [0.717, 1.165) is 12.0 Å². The van der Waals surface area contributed by atoms with Crippen LogP contribution in [0.4, 0.5) is 10.5 Å². The summed E-state index contributed by atoms with van der Waals surface area (Å²) in [6.45, 7) is 2.59. The Morgan fingerprint density at radius 2 is 1.95 bits per heavy atom. The number of para-hydroxylation sites is 1. The predicted molar refractivity (Wildman–Crippen MR) is 146 cm³/mol. The lowest BCUT2D eigenvalue weighted by Gasteiger charge is -2.18. The van der Waals surface area contributed by atoms with Crippen LogP contribution >= 0.6 is 0 Å². The van der Waals surface area contributed by atoms with E-state index in [-0.39, 0.29) is 31.3 Å². The van der Waals surface area contributed by atoms with Gasteiger partial charge in [-0.1, -0.05) is 43.7 Å². The molecule has 3 rings (SSSR count). The summed E-state index contributed by atoms with van der Waals surface area (Å²) in [4.78, 5) is 26.3. The van der Waals surface area contributed by atoms with E-state index in [1.807, 2.05) is 25.1 Å². The molecule has 1 fully saturated rings. The van der Waals surface area contributed by atoms with Crippen molar-refractivity contribution < 1.29 is 32.2 Å². The number of benzene rings is 2. The molecule has 5 N–H and O–H groups in total. The highest BCUT2D eigenvalue weighted by atomic mass is 32.2. The second-order valence-electron chi connectivity index (χ2n) is 9.04. The first-order valence-electron chi connectivity index (χ1n) is 12.6. The third kappa shape index (κ3) is 8.86. The van der Waals surface area contributed by atoms with Crippen molar-refractivity contribution in [2.45, 2.75) is 44.9 Å². The molecule has 0 bridgehead atoms. The van der Waals surface area contributed by atoms with E-state index in [4.69, 9.17) is 25.4 Å². The standard InChI is InChI=1S/C26H35N5O7S/c1-3-4-13-39(34,35)30-22(24(32)36-2)14-18-9-11-20(12-10-18)37-17-21-16-31(26(33)38-21)23-8-6-5-7-19(23)15-29-25(27)28/h5-12,21-22,30H,3-4,13-17H2,1-2H3,(H4,27,28,29). The maximum absolute atomic E-state index is 12.5. The Labute approximate surface area is 228 Å². The topological polar surface area (TPSA) is 173 Å². The number of cyclic esters (lactones) is 1. The van der Waals surface area contributed by atoms with Gasteiger partial charge in [0.15, 0.2) is 12.1 Å². The summed E-state index contributed by atoms with van der Waals surface area (Å²) in [5.74, 6) is -0.368. The number of anilines is 1. The monoisotopic (exact) mass is 561 g/mol. The highest BCUT2D eigenvalue weighted by Gasteiger charge is 2.34. The van der Waals surface area contributed by atoms with E-state index in [0.29, 0.717) is 30.0 Å². The fourth-order valence-corrected chi connectivity index (χ4v) is 5.39. The first-order chi connectivity index (χ1) is 18.6. The number of ether oxygens (including phenoxy) is 3. The minimum absolute atomic E-state index is 0.0617. The summed E-state index contributed by atoms with van der Waals surface area (Å²) in [7, 11) is -2.41. The number of hydrogen-bond donors (Lipinski definition) is 4. The number of rotatable bonds is 14. The van der Waals surface area contributed by atoms with Crippen molar-refractivity contribution >= 4 is 33.7 Å². The molecule has 2 aromatic carbocycles. The van der Waals surface area contributed by atoms with Gasteiger partial charge in [-0.25, -0.2) is 17.9 Å². The average Bonchev–Trinajstić information content (AvgIpc) is 3.29. The maximum atomic E-state index is 12.5. The molecule has 2 atom stereocenters. The number of nitrogens with two attached hydrogens (primary N) is 1. The van der Waals surface area contributed by atoms with E-state index in [1.54, 1.807) is 30.3 Å². The van der Waals surface area contributed by atoms with Gasteiger partial charge in [0.1, 0.15) is 18.4 Å². The van der Waals surface area contributed by atoms with Crippen LogP contribution in [0, 0.1) is 5.41 Å². The third-order valence-electron chi connectivity index (χ3n) is 6.00. The molecule has 0 saturated carbocycles. The molecule has 2 aromatic rings. The van der Waals surface area contributed by atoms with E-state index in [9.17, 15) is 18.0 Å². The van der Waals surface area contributed by atoms with Gasteiger partial charge in [-0.05, 0) is 42.2 Å². The fourth-order valence-electron chi connectivity index (χ4n) is 3.99. The Balaban J connectivity index is 1.57. The van der Waals surface area contributed by atoms with Crippen molar-refractivity contribution in [2.24, 2.45) is 5.73 Å². The van der Waals surface area contributed by atoms with Gasteiger partial charge >= 0.3 is 12.1 Å². The van der Waals surface area contributed by atoms with Crippen molar-refractivity contribution in [2.75, 3.05) is 30.9 Å². The second kappa shape index (κ2) is 13.8. The SMILES string of the molecule is CCCCS(=O)(=O)NC(Cc1ccc(OCC2CN(c3ccccc3CNC(=N)N)C(=O)O2)cc1)C(=O)OC. The van der Waals surface area contributed by atoms with Crippen LogP contribution in [0.15, 0.2) is 48.5 Å². The molecule has 0 radical (unpaired) electrons. The number of methoxy groups -OCH3 is 1. The van der Waals surface area contributed by atoms with Crippen LogP contribution in [0.1, 0.15) is 30.9 Å². The Hall–Kier alpha value is -3.84. The normalized spacial score (nSPS) is 15.9. The van der Waals surface area contributed by atoms with Gasteiger partial charge in [0, 0.05) is 6.54 Å². The third-order valence-corrected chi connectivity index (χ3v) is 7.47. The quantitative estimate of drug-likeness (QED) is 0.153. The lowest BCUT2D eigenvalue weighted by atomic mass is 10.1. The van der Waals surface area contributed by atoms with Crippen molar-refractivity contribution in [1.82, 2.24) is 10.0 Å². The number of esters is 1. The molecule has 39 heavy (non-hydrogen) atoms. The van der Waals surface area contributed by atoms with Crippen LogP contribution in [0.2, 0.25) is 0 Å². The molecule has 1 heterocycles. The molecule has 0 aromatic heterocycles. The van der Waals surface area contributed by atoms with E-state index < -0.39 is 34.2 Å². The zero-order valence-electron chi connectivity index (χ0n) is 22.0. The molecule has 212 valence electrons. The summed E-state index contributed by atoms with van der Waals surface area (Å²) in [6.07, 6.45) is 0.324. The van der Waals surface area contributed by atoms with E-state index in [2.05, 4.69) is 10.0 Å². The molecular formula is C26H35N5O7S. The van der Waals surface area contributed by atoms with Gasteiger partial charge in [0.25, 0.3) is 0 Å². The Kier molecular flexibility index (Phi) is 10.5. The van der Waals surface area contributed by atoms with Crippen LogP contribution in [0.25, 0.3) is 0 Å². The predicted octanol–water partition coefficient (Wildman–Crippen LogP) is 1.88. The zero-order valence-corrected chi connectivity index (χ0v) is 22.8. The number of hydrogen-bond acceptors (Lipinski definition) is 8. The first kappa shape index (κ1) is 29.7. The van der Waals surface area contributed by atoms with Crippen molar-refractivity contribution in [3.63, 3.8) is 0 Å². The summed E-state index contributed by atoms with van der Waals surface area (Å²) < 4.78 is 43.1. The number of unbranched alkanes of at least 4 members (excludes halogenated alkanes) is 1. The summed E-state index contributed by atoms with van der Waals surface area (Å²) in [6, 6.07) is 13.1. The van der Waals surface area contributed by atoms with Gasteiger partial charge < -0.3 is 25.3 Å². The summed E-state index contributed by atoms with van der Waals surface area (Å²) in [5, 5.41) is 10.1. The zero-order chi connectivity index (χ0) is 28.4. The van der Waals surface area contributed by atoms with Gasteiger partial charge in [0.2, 0.25) is 10.0 Å². The minimum atomic E-state index is -3.62. The number of sulfonamides is 1. The molecule has 12 nitrogen and oxygen atoms in total. The van der Waals surface area contributed by atoms with E-state index >= 15 is 0 Å². The Morgan fingerprint density at radius 3 is 2.62 bits per heavy atom. The van der Waals surface area contributed by atoms with E-state index in [1.165, 1.54) is 12.0 Å². The smallest absolute Gasteiger partial charge is 0.414 e. The largest absolute Gasteiger partial charge is 0.490 e. The van der Waals surface area contributed by atoms with Gasteiger partial charge in [-0.3, -0.25) is 15.1 Å². The van der Waals surface area contributed by atoms with Gasteiger partial charge in [-0.15, -0.1) is 0 Å². The molecule has 2 unspecified atom stereocenters. The number of nitrogens with zero attached hydrogens (tertiary/aromatic N) is 1. The fraction of sp³-hybridized carbons (Fsp3) is 0.423. The van der Waals surface area contributed by atoms with Gasteiger partial charge in [-0.2, -0.15) is 0 Å². The summed E-state index contributed by atoms with van der Waals surface area (Å²) >= 11 is 0. The number of amides is 1. The highest BCUT2D eigenvalue weighted by molar-refractivity contribution is 7.89. The summed E-state index contributed by atoms with van der Waals surface area (Å²) in [5.41, 5.74) is 7.55. The molecule has 13 heteroatoms. The lowest BCUT2D eigenvalue weighted by Crippen LogP contribution is -2.43. The lowest BCUT2D eigenvalue weighted by molar-refractivity contribution is -0.142. The minimum Gasteiger partial charge on any atom is -0.490 e. The van der Waals surface area contributed by atoms with Crippen molar-refractivity contribution in [1.29, 1.82) is 5.41 Å². The molecule has 1 aliphatic rings. The molecule has 1 aliphatic heterocycles. The number of guanidine groups is 1. The maximum Gasteiger partial charge on any atom is 0.414 e. The molecule has 1 saturated heterocycles. The van der Waals surface area contributed by atoms with Crippen LogP contribution in [-0.4, -0.2) is 64.6 Å². The number of carbonyl (C=O) groups is 2. The Morgan fingerprint density at radius 1 is 1.23 bits per heavy atom. The number of nitrogens with one attached hydrogen (secondary N) is 3. The second-order valence-corrected chi connectivity index (χ2v) is 10.9. The highest BCUT2D eigenvalue weighted by Crippen LogP contribution is 2.26. The molecule has 0 spiro atoms. The molecule has 1 amide bonds. The number of carbonyl (C=O) groups excluding carboxylic acids is 2. The van der Waals surface area contributed by atoms with Crippen LogP contribution in [0.5, 0.6) is 5.75 Å². The van der Waals surface area contributed by atoms with Crippen LogP contribution < -0.4 is 25.4 Å². The average molecular weight is 562 g/mol. The first-order valence-corrected chi connectivity index (χ1v) is 14.2. The van der Waals surface area contributed by atoms with Gasteiger partial charge in [0.05, 0.1) is 25.1 Å².